The van der Waals surface area contributed by atoms with Crippen molar-refractivity contribution >= 4 is 5.82 Å². The van der Waals surface area contributed by atoms with Gasteiger partial charge in [0.2, 0.25) is 0 Å². The zero-order valence-electron chi connectivity index (χ0n) is 14.9. The number of benzene rings is 1. The summed E-state index contributed by atoms with van der Waals surface area (Å²) in [5, 5.41) is 9.27. The van der Waals surface area contributed by atoms with Crippen LogP contribution >= 0.6 is 0 Å². The zero-order chi connectivity index (χ0) is 17.5. The van der Waals surface area contributed by atoms with Crippen molar-refractivity contribution in [1.82, 2.24) is 4.98 Å². The van der Waals surface area contributed by atoms with Gasteiger partial charge >= 0.3 is 0 Å². The summed E-state index contributed by atoms with van der Waals surface area (Å²) in [6.45, 7) is 4.21. The number of hydrogen-bond acceptors (Lipinski definition) is 4. The molecular weight excluding hydrogens is 300 g/mol. The van der Waals surface area contributed by atoms with E-state index in [1.807, 2.05) is 25.1 Å². The minimum Gasteiger partial charge on any atom is -0.496 e. The number of aliphatic hydroxyl groups is 1. The molecule has 2 aromatic rings. The van der Waals surface area contributed by atoms with Gasteiger partial charge in [0.25, 0.3) is 0 Å². The average molecular weight is 328 g/mol. The molecule has 0 saturated heterocycles. The number of rotatable bonds is 8. The second-order valence-corrected chi connectivity index (χ2v) is 6.22. The van der Waals surface area contributed by atoms with E-state index >= 15 is 0 Å². The number of aryl methyl sites for hydroxylation is 2. The first-order valence-electron chi connectivity index (χ1n) is 8.60. The number of nitrogen functional groups attached to an aromatic ring is 1. The number of pyridine rings is 1. The molecule has 0 radical (unpaired) electrons. The van der Waals surface area contributed by atoms with Crippen molar-refractivity contribution in [2.45, 2.75) is 52.6 Å². The van der Waals surface area contributed by atoms with Crippen molar-refractivity contribution in [2.75, 3.05) is 12.8 Å². The van der Waals surface area contributed by atoms with Gasteiger partial charge in [-0.1, -0.05) is 38.0 Å². The standard InChI is InChI=1S/C20H28N2O2/c1-4-5-6-7-17-12-18(14(2)22-20(17)21)11-16-9-8-15(13-23)10-19(16)24-3/h8-10,12,23H,4-7,11,13H2,1-3H3,(H2,21,22). The van der Waals surface area contributed by atoms with Crippen LogP contribution in [0, 0.1) is 6.92 Å². The molecular formula is C20H28N2O2. The third kappa shape index (κ3) is 4.48. The van der Waals surface area contributed by atoms with Crippen molar-refractivity contribution in [2.24, 2.45) is 0 Å². The van der Waals surface area contributed by atoms with Crippen molar-refractivity contribution in [3.05, 3.63) is 52.2 Å². The van der Waals surface area contributed by atoms with Crippen molar-refractivity contribution < 1.29 is 9.84 Å². The largest absolute Gasteiger partial charge is 0.496 e. The van der Waals surface area contributed by atoms with Crippen LogP contribution in [0.4, 0.5) is 5.82 Å². The lowest BCUT2D eigenvalue weighted by Crippen LogP contribution is -2.05. The molecule has 0 atom stereocenters. The van der Waals surface area contributed by atoms with Gasteiger partial charge in [0.1, 0.15) is 11.6 Å². The lowest BCUT2D eigenvalue weighted by Gasteiger charge is -2.14. The summed E-state index contributed by atoms with van der Waals surface area (Å²) in [5.41, 5.74) is 11.3. The topological polar surface area (TPSA) is 68.4 Å². The maximum absolute atomic E-state index is 9.27. The molecule has 4 nitrogen and oxygen atoms in total. The smallest absolute Gasteiger partial charge is 0.126 e. The Labute approximate surface area is 144 Å². The van der Waals surface area contributed by atoms with Crippen LogP contribution in [-0.4, -0.2) is 17.2 Å². The van der Waals surface area contributed by atoms with Crippen LogP contribution in [0.5, 0.6) is 5.75 Å². The molecule has 1 aromatic heterocycles. The molecule has 4 heteroatoms. The number of hydrogen-bond donors (Lipinski definition) is 2. The number of anilines is 1. The first kappa shape index (κ1) is 18.3. The lowest BCUT2D eigenvalue weighted by atomic mass is 9.98. The number of methoxy groups -OCH3 is 1. The molecule has 0 aliphatic rings. The van der Waals surface area contributed by atoms with Gasteiger partial charge in [0.05, 0.1) is 13.7 Å². The van der Waals surface area contributed by atoms with E-state index in [1.54, 1.807) is 7.11 Å². The Hall–Kier alpha value is -2.07. The molecule has 0 saturated carbocycles. The molecule has 3 N–H and O–H groups in total. The Balaban J connectivity index is 2.27. The van der Waals surface area contributed by atoms with Gasteiger partial charge in [-0.2, -0.15) is 0 Å². The van der Waals surface area contributed by atoms with E-state index in [0.29, 0.717) is 5.82 Å². The quantitative estimate of drug-likeness (QED) is 0.723. The maximum atomic E-state index is 9.27. The van der Waals surface area contributed by atoms with E-state index in [9.17, 15) is 5.11 Å². The highest BCUT2D eigenvalue weighted by molar-refractivity contribution is 5.47. The van der Waals surface area contributed by atoms with Crippen LogP contribution in [0.2, 0.25) is 0 Å². The Kier molecular flexibility index (Phi) is 6.62. The second-order valence-electron chi connectivity index (χ2n) is 6.22. The summed E-state index contributed by atoms with van der Waals surface area (Å²) in [4.78, 5) is 4.53. The Morgan fingerprint density at radius 1 is 1.12 bits per heavy atom. The summed E-state index contributed by atoms with van der Waals surface area (Å²) in [5.74, 6) is 1.44. The summed E-state index contributed by atoms with van der Waals surface area (Å²) >= 11 is 0. The summed E-state index contributed by atoms with van der Waals surface area (Å²) in [6.07, 6.45) is 5.26. The number of aliphatic hydroxyl groups excluding tert-OH is 1. The van der Waals surface area contributed by atoms with Crippen molar-refractivity contribution in [3.63, 3.8) is 0 Å². The molecule has 0 bridgehead atoms. The fraction of sp³-hybridized carbons (Fsp3) is 0.450. The maximum Gasteiger partial charge on any atom is 0.126 e. The predicted octanol–water partition coefficient (Wildman–Crippen LogP) is 3.80. The highest BCUT2D eigenvalue weighted by Gasteiger charge is 2.11. The van der Waals surface area contributed by atoms with Gasteiger partial charge in [0.15, 0.2) is 0 Å². The summed E-state index contributed by atoms with van der Waals surface area (Å²) in [6, 6.07) is 8.02. The number of nitrogens with zero attached hydrogens (tertiary/aromatic N) is 1. The number of ether oxygens (including phenoxy) is 1. The van der Waals surface area contributed by atoms with E-state index in [2.05, 4.69) is 18.0 Å². The number of unbranched alkanes of at least 4 members (excludes halogenated alkanes) is 2. The highest BCUT2D eigenvalue weighted by atomic mass is 16.5. The third-order valence-electron chi connectivity index (χ3n) is 4.39. The first-order chi connectivity index (χ1) is 11.6. The van der Waals surface area contributed by atoms with Crippen molar-refractivity contribution in [3.8, 4) is 5.75 Å². The van der Waals surface area contributed by atoms with Gasteiger partial charge in [0, 0.05) is 12.1 Å². The van der Waals surface area contributed by atoms with E-state index in [1.165, 1.54) is 18.4 Å². The van der Waals surface area contributed by atoms with Crippen LogP contribution in [0.3, 0.4) is 0 Å². The van der Waals surface area contributed by atoms with E-state index in [-0.39, 0.29) is 6.61 Å². The fourth-order valence-corrected chi connectivity index (χ4v) is 2.90. The Morgan fingerprint density at radius 3 is 2.58 bits per heavy atom. The molecule has 0 spiro atoms. The molecule has 0 fully saturated rings. The minimum atomic E-state index is 0.0146. The minimum absolute atomic E-state index is 0.0146. The normalized spacial score (nSPS) is 10.8. The highest BCUT2D eigenvalue weighted by Crippen LogP contribution is 2.26. The molecule has 1 aromatic carbocycles. The van der Waals surface area contributed by atoms with Crippen LogP contribution in [0.25, 0.3) is 0 Å². The molecule has 2 rings (SSSR count). The second kappa shape index (κ2) is 8.69. The predicted molar refractivity (Wildman–Crippen MR) is 98.3 cm³/mol. The number of nitrogens with two attached hydrogens (primary N) is 1. The molecule has 24 heavy (non-hydrogen) atoms. The van der Waals surface area contributed by atoms with Crippen LogP contribution in [-0.2, 0) is 19.4 Å². The SMILES string of the molecule is CCCCCc1cc(Cc2ccc(CO)cc2OC)c(C)nc1N. The monoisotopic (exact) mass is 328 g/mol. The molecule has 0 amide bonds. The Morgan fingerprint density at radius 2 is 1.92 bits per heavy atom. The zero-order valence-corrected chi connectivity index (χ0v) is 14.9. The summed E-state index contributed by atoms with van der Waals surface area (Å²) in [7, 11) is 1.66. The van der Waals surface area contributed by atoms with Crippen LogP contribution in [0.1, 0.15) is 54.1 Å². The Bertz CT molecular complexity index is 684. The van der Waals surface area contributed by atoms with Gasteiger partial charge in [-0.15, -0.1) is 0 Å². The fourth-order valence-electron chi connectivity index (χ4n) is 2.90. The lowest BCUT2D eigenvalue weighted by molar-refractivity contribution is 0.281. The van der Waals surface area contributed by atoms with Gasteiger partial charge in [-0.05, 0) is 48.1 Å². The average Bonchev–Trinajstić information content (AvgIpc) is 2.59. The van der Waals surface area contributed by atoms with Crippen LogP contribution in [0.15, 0.2) is 24.3 Å². The molecule has 0 aliphatic heterocycles. The van der Waals surface area contributed by atoms with Gasteiger partial charge < -0.3 is 15.6 Å². The van der Waals surface area contributed by atoms with Gasteiger partial charge in [-0.3, -0.25) is 0 Å². The van der Waals surface area contributed by atoms with Gasteiger partial charge in [-0.25, -0.2) is 4.98 Å². The van der Waals surface area contributed by atoms with E-state index < -0.39 is 0 Å². The van der Waals surface area contributed by atoms with E-state index in [4.69, 9.17) is 10.5 Å². The number of aromatic nitrogens is 1. The molecule has 0 unspecified atom stereocenters. The van der Waals surface area contributed by atoms with Crippen molar-refractivity contribution in [1.29, 1.82) is 0 Å². The van der Waals surface area contributed by atoms with Crippen LogP contribution < -0.4 is 10.5 Å². The molecule has 1 heterocycles. The third-order valence-corrected chi connectivity index (χ3v) is 4.39. The molecule has 130 valence electrons. The summed E-state index contributed by atoms with van der Waals surface area (Å²) < 4.78 is 5.48. The molecule has 0 aliphatic carbocycles. The van der Waals surface area contributed by atoms with E-state index in [0.717, 1.165) is 47.4 Å². The first-order valence-corrected chi connectivity index (χ1v) is 8.60.